The number of benzene rings is 2. The molecule has 0 aliphatic carbocycles. The molecular weight excluding hydrogens is 328 g/mol. The lowest BCUT2D eigenvalue weighted by Crippen LogP contribution is -2.38. The van der Waals surface area contributed by atoms with Crippen molar-refractivity contribution in [3.05, 3.63) is 65.7 Å². The lowest BCUT2D eigenvalue weighted by molar-refractivity contribution is -0.127. The third kappa shape index (κ3) is 4.63. The molecule has 5 nitrogen and oxygen atoms in total. The number of methoxy groups -OCH3 is 1. The maximum atomic E-state index is 12.3. The number of rotatable bonds is 7. The van der Waals surface area contributed by atoms with Crippen LogP contribution in [0.4, 0.5) is 0 Å². The van der Waals surface area contributed by atoms with Crippen molar-refractivity contribution in [3.8, 4) is 5.75 Å². The first-order valence-corrected chi connectivity index (χ1v) is 8.88. The van der Waals surface area contributed by atoms with Gasteiger partial charge in [0.15, 0.2) is 0 Å². The normalized spacial score (nSPS) is 16.6. The van der Waals surface area contributed by atoms with E-state index >= 15 is 0 Å². The van der Waals surface area contributed by atoms with Crippen molar-refractivity contribution in [2.75, 3.05) is 20.2 Å². The highest BCUT2D eigenvalue weighted by Gasteiger charge is 2.30. The Morgan fingerprint density at radius 3 is 2.65 bits per heavy atom. The van der Waals surface area contributed by atoms with Crippen molar-refractivity contribution in [1.29, 1.82) is 0 Å². The highest BCUT2D eigenvalue weighted by atomic mass is 16.5. The summed E-state index contributed by atoms with van der Waals surface area (Å²) in [6.45, 7) is 1.26. The van der Waals surface area contributed by atoms with Crippen LogP contribution in [0.2, 0.25) is 0 Å². The highest BCUT2D eigenvalue weighted by Crippen LogP contribution is 2.18. The van der Waals surface area contributed by atoms with Gasteiger partial charge in [0.25, 0.3) is 0 Å². The van der Waals surface area contributed by atoms with Gasteiger partial charge >= 0.3 is 0 Å². The van der Waals surface area contributed by atoms with E-state index in [1.54, 1.807) is 7.11 Å². The fraction of sp³-hybridized carbons (Fsp3) is 0.333. The predicted molar refractivity (Wildman–Crippen MR) is 100.0 cm³/mol. The molecule has 0 unspecified atom stereocenters. The molecule has 0 spiro atoms. The number of para-hydroxylation sites is 1. The molecule has 1 saturated heterocycles. The lowest BCUT2D eigenvalue weighted by Gasteiger charge is -2.17. The van der Waals surface area contributed by atoms with Crippen molar-refractivity contribution in [1.82, 2.24) is 10.2 Å². The van der Waals surface area contributed by atoms with Crippen molar-refractivity contribution < 1.29 is 14.3 Å². The Labute approximate surface area is 154 Å². The molecule has 1 atom stereocenters. The summed E-state index contributed by atoms with van der Waals surface area (Å²) in [4.78, 5) is 26.4. The first-order valence-electron chi connectivity index (χ1n) is 8.88. The van der Waals surface area contributed by atoms with Gasteiger partial charge in [0.2, 0.25) is 11.8 Å². The van der Waals surface area contributed by atoms with Crippen LogP contribution in [0.15, 0.2) is 54.6 Å². The van der Waals surface area contributed by atoms with E-state index in [2.05, 4.69) is 17.4 Å². The largest absolute Gasteiger partial charge is 0.496 e. The minimum atomic E-state index is -0.125. The van der Waals surface area contributed by atoms with Crippen LogP contribution in [0, 0.1) is 0 Å². The molecule has 1 aliphatic heterocycles. The summed E-state index contributed by atoms with van der Waals surface area (Å²) < 4.78 is 5.28. The zero-order chi connectivity index (χ0) is 18.4. The second-order valence-electron chi connectivity index (χ2n) is 6.53. The van der Waals surface area contributed by atoms with Crippen LogP contribution in [0.1, 0.15) is 17.5 Å². The van der Waals surface area contributed by atoms with Gasteiger partial charge in [-0.05, 0) is 18.1 Å². The molecule has 0 radical (unpaired) electrons. The van der Waals surface area contributed by atoms with E-state index in [1.807, 2.05) is 47.4 Å². The van der Waals surface area contributed by atoms with E-state index in [0.717, 1.165) is 12.0 Å². The number of carbonyl (C=O) groups is 2. The Bertz CT molecular complexity index is 761. The number of nitrogens with zero attached hydrogens (tertiary/aromatic N) is 1. The minimum Gasteiger partial charge on any atom is -0.496 e. The van der Waals surface area contributed by atoms with E-state index in [4.69, 9.17) is 4.74 Å². The first kappa shape index (κ1) is 18.0. The van der Waals surface area contributed by atoms with Gasteiger partial charge in [-0.25, -0.2) is 0 Å². The summed E-state index contributed by atoms with van der Waals surface area (Å²) >= 11 is 0. The first-order chi connectivity index (χ1) is 12.7. The molecule has 1 heterocycles. The fourth-order valence-corrected chi connectivity index (χ4v) is 3.29. The predicted octanol–water partition coefficient (Wildman–Crippen LogP) is 2.20. The molecule has 0 bridgehead atoms. The second kappa shape index (κ2) is 8.52. The molecule has 2 aromatic rings. The molecule has 0 aromatic heterocycles. The Hall–Kier alpha value is -2.82. The second-order valence-corrected chi connectivity index (χ2v) is 6.53. The number of amides is 2. The highest BCUT2D eigenvalue weighted by molar-refractivity contribution is 5.83. The molecule has 5 heteroatoms. The number of carbonyl (C=O) groups excluding carboxylic acids is 2. The zero-order valence-electron chi connectivity index (χ0n) is 15.0. The smallest absolute Gasteiger partial charge is 0.224 e. The monoisotopic (exact) mass is 352 g/mol. The molecule has 26 heavy (non-hydrogen) atoms. The summed E-state index contributed by atoms with van der Waals surface area (Å²) in [7, 11) is 1.59. The molecule has 136 valence electrons. The van der Waals surface area contributed by atoms with Gasteiger partial charge in [-0.1, -0.05) is 48.5 Å². The quantitative estimate of drug-likeness (QED) is 0.831. The van der Waals surface area contributed by atoms with Gasteiger partial charge in [0.05, 0.1) is 19.6 Å². The van der Waals surface area contributed by atoms with Crippen molar-refractivity contribution in [3.63, 3.8) is 0 Å². The molecular formula is C21H24N2O3. The summed E-state index contributed by atoms with van der Waals surface area (Å²) in [5, 5.41) is 2.98. The van der Waals surface area contributed by atoms with Crippen LogP contribution in [-0.4, -0.2) is 43.0 Å². The molecule has 2 amide bonds. The number of likely N-dealkylation sites (tertiary alicyclic amines) is 1. The number of hydrogen-bond donors (Lipinski definition) is 1. The Morgan fingerprint density at radius 2 is 1.88 bits per heavy atom. The van der Waals surface area contributed by atoms with Gasteiger partial charge in [-0.3, -0.25) is 9.59 Å². The maximum absolute atomic E-state index is 12.3. The molecule has 3 rings (SSSR count). The van der Waals surface area contributed by atoms with E-state index in [9.17, 15) is 9.59 Å². The van der Waals surface area contributed by atoms with Crippen LogP contribution in [0.25, 0.3) is 0 Å². The number of nitrogens with one attached hydrogen (secondary N) is 1. The Kier molecular flexibility index (Phi) is 5.89. The third-order valence-corrected chi connectivity index (χ3v) is 4.64. The van der Waals surface area contributed by atoms with Crippen LogP contribution < -0.4 is 10.1 Å². The summed E-state index contributed by atoms with van der Waals surface area (Å²) in [6, 6.07) is 17.5. The molecule has 1 fully saturated rings. The lowest BCUT2D eigenvalue weighted by atomic mass is 10.1. The maximum Gasteiger partial charge on any atom is 0.224 e. The third-order valence-electron chi connectivity index (χ3n) is 4.64. The van der Waals surface area contributed by atoms with Crippen LogP contribution in [0.5, 0.6) is 5.75 Å². The van der Waals surface area contributed by atoms with E-state index in [0.29, 0.717) is 25.3 Å². The summed E-state index contributed by atoms with van der Waals surface area (Å²) in [6.07, 6.45) is 1.44. The molecule has 1 aliphatic rings. The molecule has 1 N–H and O–H groups in total. The van der Waals surface area contributed by atoms with Gasteiger partial charge in [-0.2, -0.15) is 0 Å². The van der Waals surface area contributed by atoms with Gasteiger partial charge in [0.1, 0.15) is 5.75 Å². The topological polar surface area (TPSA) is 58.6 Å². The van der Waals surface area contributed by atoms with Gasteiger partial charge in [-0.15, -0.1) is 0 Å². The van der Waals surface area contributed by atoms with E-state index in [1.165, 1.54) is 5.56 Å². The molecule has 0 saturated carbocycles. The minimum absolute atomic E-state index is 0.0859. The Morgan fingerprint density at radius 1 is 1.15 bits per heavy atom. The number of hydrogen-bond acceptors (Lipinski definition) is 3. The summed E-state index contributed by atoms with van der Waals surface area (Å²) in [5.41, 5.74) is 2.06. The average molecular weight is 352 g/mol. The van der Waals surface area contributed by atoms with Crippen molar-refractivity contribution in [2.45, 2.75) is 25.3 Å². The van der Waals surface area contributed by atoms with Crippen molar-refractivity contribution >= 4 is 11.8 Å². The van der Waals surface area contributed by atoms with Crippen molar-refractivity contribution in [2.24, 2.45) is 0 Å². The SMILES string of the molecule is COc1ccccc1CC(=O)N[C@@H]1CC(=O)N(CCc2ccccc2)C1. The van der Waals surface area contributed by atoms with E-state index < -0.39 is 0 Å². The Balaban J connectivity index is 1.50. The number of ether oxygens (including phenoxy) is 1. The standard InChI is InChI=1S/C21H24N2O3/c1-26-19-10-6-5-9-17(19)13-20(24)22-18-14-21(25)23(15-18)12-11-16-7-3-2-4-8-16/h2-10,18H,11-15H2,1H3,(H,22,24)/t18-/m1/s1. The van der Waals surface area contributed by atoms with E-state index in [-0.39, 0.29) is 24.3 Å². The van der Waals surface area contributed by atoms with Crippen LogP contribution >= 0.6 is 0 Å². The summed E-state index contributed by atoms with van der Waals surface area (Å²) in [5.74, 6) is 0.718. The molecule has 2 aromatic carbocycles. The van der Waals surface area contributed by atoms with Crippen LogP contribution in [0.3, 0.4) is 0 Å². The fourth-order valence-electron chi connectivity index (χ4n) is 3.29. The average Bonchev–Trinajstić information content (AvgIpc) is 3.00. The van der Waals surface area contributed by atoms with Gasteiger partial charge < -0.3 is 15.0 Å². The van der Waals surface area contributed by atoms with Crippen LogP contribution in [-0.2, 0) is 22.4 Å². The zero-order valence-corrected chi connectivity index (χ0v) is 15.0. The van der Waals surface area contributed by atoms with Gasteiger partial charge in [0, 0.05) is 25.1 Å².